The van der Waals surface area contributed by atoms with E-state index in [0.717, 1.165) is 10.0 Å². The molecule has 27 heavy (non-hydrogen) atoms. The summed E-state index contributed by atoms with van der Waals surface area (Å²) in [6, 6.07) is 9.87. The summed E-state index contributed by atoms with van der Waals surface area (Å²) >= 11 is 8.71. The van der Waals surface area contributed by atoms with E-state index in [4.69, 9.17) is 21.7 Å². The van der Waals surface area contributed by atoms with Crippen molar-refractivity contribution in [2.75, 3.05) is 14.2 Å². The van der Waals surface area contributed by atoms with E-state index in [2.05, 4.69) is 31.2 Å². The summed E-state index contributed by atoms with van der Waals surface area (Å²) in [4.78, 5) is 0. The van der Waals surface area contributed by atoms with Crippen molar-refractivity contribution in [3.05, 3.63) is 68.4 Å². The molecule has 1 aromatic heterocycles. The van der Waals surface area contributed by atoms with Gasteiger partial charge in [-0.3, -0.25) is 5.10 Å². The molecule has 3 aromatic rings. The van der Waals surface area contributed by atoms with Crippen LogP contribution in [0.5, 0.6) is 11.5 Å². The van der Waals surface area contributed by atoms with Crippen LogP contribution in [0.3, 0.4) is 0 Å². The zero-order chi connectivity index (χ0) is 19.4. The lowest BCUT2D eigenvalue weighted by molar-refractivity contribution is 0.354. The molecule has 0 amide bonds. The summed E-state index contributed by atoms with van der Waals surface area (Å²) in [5, 5.41) is 11.4. The first-order valence-electron chi connectivity index (χ1n) is 7.88. The molecule has 2 aromatic carbocycles. The molecule has 1 N–H and O–H groups in total. The molecule has 140 valence electrons. The summed E-state index contributed by atoms with van der Waals surface area (Å²) in [7, 11) is 3.13. The molecular formula is C18H16BrFN4O2S. The van der Waals surface area contributed by atoms with Gasteiger partial charge in [0.1, 0.15) is 5.82 Å². The maximum Gasteiger partial charge on any atom is 0.216 e. The van der Waals surface area contributed by atoms with Crippen LogP contribution in [0.1, 0.15) is 17.0 Å². The van der Waals surface area contributed by atoms with Gasteiger partial charge in [-0.05, 0) is 42.0 Å². The maximum absolute atomic E-state index is 13.1. The number of methoxy groups -OCH3 is 2. The van der Waals surface area contributed by atoms with Crippen molar-refractivity contribution in [3.8, 4) is 11.5 Å². The lowest BCUT2D eigenvalue weighted by Crippen LogP contribution is -2.02. The van der Waals surface area contributed by atoms with Gasteiger partial charge in [-0.2, -0.15) is 14.9 Å². The molecule has 0 aliphatic rings. The summed E-state index contributed by atoms with van der Waals surface area (Å²) in [5.41, 5.74) is 1.60. The van der Waals surface area contributed by atoms with Crippen LogP contribution >= 0.6 is 28.1 Å². The van der Waals surface area contributed by atoms with Crippen LogP contribution in [-0.4, -0.2) is 35.3 Å². The van der Waals surface area contributed by atoms with Crippen molar-refractivity contribution in [1.82, 2.24) is 14.9 Å². The smallest absolute Gasteiger partial charge is 0.216 e. The normalized spacial score (nSPS) is 11.1. The second-order valence-corrected chi connectivity index (χ2v) is 6.84. The van der Waals surface area contributed by atoms with Crippen LogP contribution in [0.15, 0.2) is 46.0 Å². The molecule has 3 rings (SSSR count). The van der Waals surface area contributed by atoms with Crippen LogP contribution in [0.4, 0.5) is 4.39 Å². The quantitative estimate of drug-likeness (QED) is 0.448. The largest absolute Gasteiger partial charge is 0.493 e. The van der Waals surface area contributed by atoms with Gasteiger partial charge in [0.15, 0.2) is 17.3 Å². The van der Waals surface area contributed by atoms with E-state index in [1.54, 1.807) is 38.6 Å². The first-order chi connectivity index (χ1) is 13.0. The molecule has 0 bridgehead atoms. The van der Waals surface area contributed by atoms with Gasteiger partial charge in [-0.25, -0.2) is 4.39 Å². The third-order valence-corrected chi connectivity index (χ3v) is 4.50. The fourth-order valence-electron chi connectivity index (χ4n) is 2.52. The fourth-order valence-corrected chi connectivity index (χ4v) is 3.17. The van der Waals surface area contributed by atoms with E-state index in [1.807, 2.05) is 6.07 Å². The predicted molar refractivity (Wildman–Crippen MR) is 107 cm³/mol. The van der Waals surface area contributed by atoms with Crippen molar-refractivity contribution >= 4 is 34.4 Å². The van der Waals surface area contributed by atoms with Gasteiger partial charge in [0.05, 0.1) is 20.4 Å². The van der Waals surface area contributed by atoms with Crippen molar-refractivity contribution in [1.29, 1.82) is 0 Å². The summed E-state index contributed by atoms with van der Waals surface area (Å²) in [6.45, 7) is 0. The Bertz CT molecular complexity index is 1030. The lowest BCUT2D eigenvalue weighted by Gasteiger charge is -2.11. The van der Waals surface area contributed by atoms with Crippen molar-refractivity contribution in [2.45, 2.75) is 6.42 Å². The topological polar surface area (TPSA) is 64.4 Å². The summed E-state index contributed by atoms with van der Waals surface area (Å²) in [6.07, 6.45) is 2.06. The number of benzene rings is 2. The first kappa shape index (κ1) is 19.2. The van der Waals surface area contributed by atoms with Gasteiger partial charge < -0.3 is 9.47 Å². The van der Waals surface area contributed by atoms with Crippen LogP contribution in [0.2, 0.25) is 0 Å². The average Bonchev–Trinajstić information content (AvgIpc) is 3.00. The van der Waals surface area contributed by atoms with Gasteiger partial charge >= 0.3 is 0 Å². The van der Waals surface area contributed by atoms with Crippen molar-refractivity contribution in [2.24, 2.45) is 5.10 Å². The molecular weight excluding hydrogens is 435 g/mol. The number of rotatable bonds is 6. The number of nitrogens with one attached hydrogen (secondary N) is 1. The zero-order valence-electron chi connectivity index (χ0n) is 14.6. The Kier molecular flexibility index (Phi) is 6.02. The van der Waals surface area contributed by atoms with Gasteiger partial charge in [0.2, 0.25) is 4.77 Å². The molecule has 0 aliphatic carbocycles. The number of aromatic nitrogens is 3. The Morgan fingerprint density at radius 3 is 2.67 bits per heavy atom. The number of aromatic amines is 1. The van der Waals surface area contributed by atoms with E-state index in [0.29, 0.717) is 34.1 Å². The van der Waals surface area contributed by atoms with E-state index in [9.17, 15) is 4.39 Å². The molecule has 0 unspecified atom stereocenters. The number of ether oxygens (including phenoxy) is 2. The minimum Gasteiger partial charge on any atom is -0.493 e. The van der Waals surface area contributed by atoms with Crippen molar-refractivity contribution < 1.29 is 13.9 Å². The molecule has 0 spiro atoms. The van der Waals surface area contributed by atoms with Gasteiger partial charge in [-0.15, -0.1) is 0 Å². The maximum atomic E-state index is 13.1. The Balaban J connectivity index is 1.95. The molecule has 0 saturated carbocycles. The van der Waals surface area contributed by atoms with Crippen LogP contribution < -0.4 is 9.47 Å². The molecule has 6 nitrogen and oxygen atoms in total. The zero-order valence-corrected chi connectivity index (χ0v) is 17.0. The highest BCUT2D eigenvalue weighted by molar-refractivity contribution is 9.10. The highest BCUT2D eigenvalue weighted by atomic mass is 79.9. The molecule has 0 radical (unpaired) electrons. The second kappa shape index (κ2) is 8.45. The lowest BCUT2D eigenvalue weighted by atomic mass is 10.1. The van der Waals surface area contributed by atoms with E-state index in [-0.39, 0.29) is 5.82 Å². The van der Waals surface area contributed by atoms with E-state index >= 15 is 0 Å². The molecule has 0 aliphatic heterocycles. The minimum atomic E-state index is -0.286. The number of nitrogens with zero attached hydrogens (tertiary/aromatic N) is 3. The SMILES string of the molecule is COc1cc(Br)cc(/C=N\n2c(Cc3ccc(F)cc3)n[nH]c2=S)c1OC. The van der Waals surface area contributed by atoms with Crippen molar-refractivity contribution in [3.63, 3.8) is 0 Å². The van der Waals surface area contributed by atoms with Crippen LogP contribution in [0, 0.1) is 10.6 Å². The molecule has 0 atom stereocenters. The number of hydrogen-bond donors (Lipinski definition) is 1. The third-order valence-electron chi connectivity index (χ3n) is 3.78. The summed E-state index contributed by atoms with van der Waals surface area (Å²) in [5.74, 6) is 1.45. The monoisotopic (exact) mass is 450 g/mol. The third kappa shape index (κ3) is 4.42. The molecule has 1 heterocycles. The second-order valence-electron chi connectivity index (χ2n) is 5.54. The predicted octanol–water partition coefficient (Wildman–Crippen LogP) is 4.33. The molecule has 0 saturated heterocycles. The van der Waals surface area contributed by atoms with Crippen LogP contribution in [0.25, 0.3) is 0 Å². The Labute approximate surface area is 168 Å². The van der Waals surface area contributed by atoms with Gasteiger partial charge in [0.25, 0.3) is 0 Å². The van der Waals surface area contributed by atoms with E-state index in [1.165, 1.54) is 16.8 Å². The average molecular weight is 451 g/mol. The molecule has 0 fully saturated rings. The van der Waals surface area contributed by atoms with Crippen LogP contribution in [-0.2, 0) is 6.42 Å². The number of hydrogen-bond acceptors (Lipinski definition) is 5. The fraction of sp³-hybridized carbons (Fsp3) is 0.167. The minimum absolute atomic E-state index is 0.286. The summed E-state index contributed by atoms with van der Waals surface area (Å²) < 4.78 is 26.5. The first-order valence-corrected chi connectivity index (χ1v) is 9.08. The van der Waals surface area contributed by atoms with E-state index < -0.39 is 0 Å². The standard InChI is InChI=1S/C18H16BrFN4O2S/c1-25-15-9-13(19)8-12(17(15)26-2)10-21-24-16(22-23-18(24)27)7-11-3-5-14(20)6-4-11/h3-6,8-10H,7H2,1-2H3,(H,23,27)/b21-10-. The number of H-pyrrole nitrogens is 1. The molecule has 9 heteroatoms. The number of halogens is 2. The highest BCUT2D eigenvalue weighted by Gasteiger charge is 2.11. The van der Waals surface area contributed by atoms with Gasteiger partial charge in [-0.1, -0.05) is 28.1 Å². The Hall–Kier alpha value is -2.52. The highest BCUT2D eigenvalue weighted by Crippen LogP contribution is 2.33. The Morgan fingerprint density at radius 2 is 2.00 bits per heavy atom. The van der Waals surface area contributed by atoms with Gasteiger partial charge in [0, 0.05) is 16.5 Å². The Morgan fingerprint density at radius 1 is 1.26 bits per heavy atom.